The van der Waals surface area contributed by atoms with Crippen LogP contribution in [0.3, 0.4) is 0 Å². The first kappa shape index (κ1) is 18.4. The molecule has 1 fully saturated rings. The normalized spacial score (nSPS) is 16.8. The van der Waals surface area contributed by atoms with Crippen molar-refractivity contribution >= 4 is 33.3 Å². The third-order valence-corrected chi connectivity index (χ3v) is 7.12. The molecule has 1 saturated heterocycles. The van der Waals surface area contributed by atoms with Crippen molar-refractivity contribution in [1.29, 1.82) is 0 Å². The van der Waals surface area contributed by atoms with E-state index in [1.165, 1.54) is 0 Å². The predicted molar refractivity (Wildman–Crippen MR) is 107 cm³/mol. The molecule has 0 radical (unpaired) electrons. The summed E-state index contributed by atoms with van der Waals surface area (Å²) >= 11 is 5.34. The van der Waals surface area contributed by atoms with Gasteiger partial charge in [-0.25, -0.2) is 8.42 Å². The van der Waals surface area contributed by atoms with Crippen LogP contribution in [0.5, 0.6) is 0 Å². The van der Waals surface area contributed by atoms with Crippen LogP contribution in [-0.4, -0.2) is 48.4 Å². The van der Waals surface area contributed by atoms with Gasteiger partial charge in [-0.1, -0.05) is 29.8 Å². The molecular formula is C19H21N3O3S2. The van der Waals surface area contributed by atoms with Gasteiger partial charge in [-0.05, 0) is 43.4 Å². The van der Waals surface area contributed by atoms with E-state index in [0.29, 0.717) is 42.6 Å². The lowest BCUT2D eigenvalue weighted by molar-refractivity contribution is 0.151. The van der Waals surface area contributed by atoms with E-state index >= 15 is 0 Å². The van der Waals surface area contributed by atoms with Crippen molar-refractivity contribution in [2.45, 2.75) is 18.5 Å². The Morgan fingerprint density at radius 2 is 1.67 bits per heavy atom. The maximum absolute atomic E-state index is 12.8. The van der Waals surface area contributed by atoms with Gasteiger partial charge in [-0.2, -0.15) is 4.31 Å². The first-order chi connectivity index (χ1) is 12.9. The zero-order valence-corrected chi connectivity index (χ0v) is 16.7. The molecule has 1 aromatic heterocycles. The number of sulfonamides is 1. The molecule has 6 nitrogen and oxygen atoms in total. The summed E-state index contributed by atoms with van der Waals surface area (Å²) in [6.07, 6.45) is 0. The average molecular weight is 404 g/mol. The van der Waals surface area contributed by atoms with Crippen LogP contribution >= 0.6 is 12.2 Å². The molecule has 0 atom stereocenters. The summed E-state index contributed by atoms with van der Waals surface area (Å²) in [6.45, 7) is 4.74. The highest BCUT2D eigenvalue weighted by atomic mass is 32.2. The maximum atomic E-state index is 12.8. The molecule has 0 spiro atoms. The lowest BCUT2D eigenvalue weighted by Gasteiger charge is -2.34. The Bertz CT molecular complexity index is 1110. The van der Waals surface area contributed by atoms with Gasteiger partial charge in [0.25, 0.3) is 4.84 Å². The smallest absolute Gasteiger partial charge is 0.270 e. The van der Waals surface area contributed by atoms with Crippen LogP contribution in [0.1, 0.15) is 5.56 Å². The van der Waals surface area contributed by atoms with Crippen molar-refractivity contribution in [3.63, 3.8) is 0 Å². The molecule has 8 heteroatoms. The second-order valence-corrected chi connectivity index (χ2v) is 9.03. The first-order valence-corrected chi connectivity index (χ1v) is 10.7. The van der Waals surface area contributed by atoms with Gasteiger partial charge in [0.15, 0.2) is 5.58 Å². The number of rotatable bonds is 4. The van der Waals surface area contributed by atoms with Crippen LogP contribution in [0.15, 0.2) is 57.8 Å². The second-order valence-electron chi connectivity index (χ2n) is 6.74. The monoisotopic (exact) mass is 403 g/mol. The molecule has 1 aliphatic heterocycles. The van der Waals surface area contributed by atoms with Crippen LogP contribution in [0.4, 0.5) is 0 Å². The van der Waals surface area contributed by atoms with Gasteiger partial charge in [0.05, 0.1) is 17.1 Å². The molecule has 27 heavy (non-hydrogen) atoms. The van der Waals surface area contributed by atoms with E-state index in [1.54, 1.807) is 16.4 Å². The molecule has 3 aromatic rings. The molecule has 0 unspecified atom stereocenters. The van der Waals surface area contributed by atoms with Crippen LogP contribution in [0.25, 0.3) is 11.1 Å². The summed E-state index contributed by atoms with van der Waals surface area (Å²) in [7, 11) is -3.45. The number of oxazole rings is 1. The minimum Gasteiger partial charge on any atom is -0.429 e. The number of fused-ring (bicyclic) bond motifs is 1. The van der Waals surface area contributed by atoms with Crippen molar-refractivity contribution < 1.29 is 12.8 Å². The molecule has 2 heterocycles. The van der Waals surface area contributed by atoms with Crippen molar-refractivity contribution in [1.82, 2.24) is 13.8 Å². The van der Waals surface area contributed by atoms with Crippen LogP contribution in [0, 0.1) is 11.8 Å². The van der Waals surface area contributed by atoms with Crippen LogP contribution in [-0.2, 0) is 16.7 Å². The Morgan fingerprint density at radius 3 is 2.37 bits per heavy atom. The Kier molecular flexibility index (Phi) is 4.90. The van der Waals surface area contributed by atoms with E-state index in [9.17, 15) is 8.42 Å². The van der Waals surface area contributed by atoms with Crippen molar-refractivity contribution in [3.8, 4) is 0 Å². The molecule has 142 valence electrons. The number of nitrogens with zero attached hydrogens (tertiary/aromatic N) is 3. The molecule has 2 aromatic carbocycles. The van der Waals surface area contributed by atoms with Gasteiger partial charge in [-0.3, -0.25) is 9.47 Å². The molecular weight excluding hydrogens is 382 g/mol. The fraction of sp³-hybridized carbons (Fsp3) is 0.316. The zero-order valence-electron chi connectivity index (χ0n) is 15.0. The van der Waals surface area contributed by atoms with Crippen molar-refractivity contribution in [3.05, 3.63) is 58.9 Å². The quantitative estimate of drug-likeness (QED) is 0.626. The van der Waals surface area contributed by atoms with Crippen molar-refractivity contribution in [2.75, 3.05) is 26.2 Å². The van der Waals surface area contributed by atoms with E-state index in [1.807, 2.05) is 47.9 Å². The van der Waals surface area contributed by atoms with Gasteiger partial charge in [0, 0.05) is 26.2 Å². The minimum absolute atomic E-state index is 0.351. The molecule has 0 aliphatic carbocycles. The fourth-order valence-corrected chi connectivity index (χ4v) is 4.99. The molecule has 0 N–H and O–H groups in total. The van der Waals surface area contributed by atoms with E-state index in [4.69, 9.17) is 16.6 Å². The zero-order chi connectivity index (χ0) is 19.0. The lowest BCUT2D eigenvalue weighted by atomic mass is 10.2. The van der Waals surface area contributed by atoms with Gasteiger partial charge in [0.2, 0.25) is 10.0 Å². The number of piperazine rings is 1. The predicted octanol–water partition coefficient (Wildman–Crippen LogP) is 3.24. The largest absolute Gasteiger partial charge is 0.429 e. The molecule has 4 rings (SSSR count). The number of para-hydroxylation sites is 2. The highest BCUT2D eigenvalue weighted by Crippen LogP contribution is 2.20. The summed E-state index contributed by atoms with van der Waals surface area (Å²) in [6, 6.07) is 14.8. The fourth-order valence-electron chi connectivity index (χ4n) is 3.32. The lowest BCUT2D eigenvalue weighted by Crippen LogP contribution is -2.48. The number of benzene rings is 2. The minimum atomic E-state index is -3.45. The topological polar surface area (TPSA) is 58.7 Å². The maximum Gasteiger partial charge on any atom is 0.270 e. The summed E-state index contributed by atoms with van der Waals surface area (Å²) < 4.78 is 34.8. The number of hydrogen-bond acceptors (Lipinski definition) is 5. The molecule has 0 bridgehead atoms. The standard InChI is InChI=1S/C19H21N3O3S2/c1-15-6-8-16(9-7-15)27(23,24)21-12-10-20(11-13-21)14-22-17-4-2-3-5-18(17)25-19(22)26/h2-9H,10-14H2,1H3. The van der Waals surface area contributed by atoms with Gasteiger partial charge >= 0.3 is 0 Å². The number of hydrogen-bond donors (Lipinski definition) is 0. The Labute approximate surface area is 163 Å². The Balaban J connectivity index is 1.46. The van der Waals surface area contributed by atoms with Crippen LogP contribution < -0.4 is 0 Å². The van der Waals surface area contributed by atoms with Crippen LogP contribution in [0.2, 0.25) is 0 Å². The SMILES string of the molecule is Cc1ccc(S(=O)(=O)N2CCN(Cn3c(=S)oc4ccccc43)CC2)cc1. The summed E-state index contributed by atoms with van der Waals surface area (Å²) in [5, 5.41) is 0. The van der Waals surface area contributed by atoms with Gasteiger partial charge in [-0.15, -0.1) is 0 Å². The number of aromatic nitrogens is 1. The van der Waals surface area contributed by atoms with Gasteiger partial charge in [0.1, 0.15) is 0 Å². The van der Waals surface area contributed by atoms with Gasteiger partial charge < -0.3 is 4.42 Å². The Morgan fingerprint density at radius 1 is 1.00 bits per heavy atom. The second kappa shape index (κ2) is 7.20. The molecule has 0 saturated carbocycles. The number of aryl methyl sites for hydroxylation is 1. The third kappa shape index (κ3) is 3.58. The van der Waals surface area contributed by atoms with E-state index in [0.717, 1.165) is 16.7 Å². The summed E-state index contributed by atoms with van der Waals surface area (Å²) in [4.78, 5) is 2.98. The summed E-state index contributed by atoms with van der Waals surface area (Å²) in [5.74, 6) is 0. The highest BCUT2D eigenvalue weighted by molar-refractivity contribution is 7.89. The van der Waals surface area contributed by atoms with E-state index < -0.39 is 10.0 Å². The first-order valence-electron chi connectivity index (χ1n) is 8.83. The summed E-state index contributed by atoms with van der Waals surface area (Å²) in [5.41, 5.74) is 2.77. The van der Waals surface area contributed by atoms with E-state index in [2.05, 4.69) is 4.90 Å². The van der Waals surface area contributed by atoms with Crippen molar-refractivity contribution in [2.24, 2.45) is 0 Å². The Hall–Kier alpha value is -2.00. The molecule has 0 amide bonds. The molecule has 1 aliphatic rings. The average Bonchev–Trinajstić information content (AvgIpc) is 2.98. The highest BCUT2D eigenvalue weighted by Gasteiger charge is 2.28. The third-order valence-electron chi connectivity index (χ3n) is 4.91. The van der Waals surface area contributed by atoms with E-state index in [-0.39, 0.29) is 0 Å².